The smallest absolute Gasteiger partial charge is 0.357 e. The summed E-state index contributed by atoms with van der Waals surface area (Å²) in [4.78, 5) is 15.7. The first-order valence-corrected chi connectivity index (χ1v) is 6.85. The summed E-state index contributed by atoms with van der Waals surface area (Å²) in [6.45, 7) is 0.610. The van der Waals surface area contributed by atoms with Crippen molar-refractivity contribution in [3.63, 3.8) is 0 Å². The second-order valence-corrected chi connectivity index (χ2v) is 5.69. The number of aromatic carboxylic acids is 1. The molecule has 2 aromatic rings. The third kappa shape index (κ3) is 2.60. The van der Waals surface area contributed by atoms with Gasteiger partial charge in [0.25, 0.3) is 0 Å². The molecular formula is C9H7BrN2O2S2. The molecule has 0 saturated heterocycles. The van der Waals surface area contributed by atoms with E-state index in [9.17, 15) is 4.79 Å². The van der Waals surface area contributed by atoms with Crippen molar-refractivity contribution in [2.24, 2.45) is 0 Å². The van der Waals surface area contributed by atoms with Gasteiger partial charge in [0.15, 0.2) is 5.69 Å². The van der Waals surface area contributed by atoms with Crippen LogP contribution in [0.25, 0.3) is 0 Å². The summed E-state index contributed by atoms with van der Waals surface area (Å²) in [7, 11) is 0. The van der Waals surface area contributed by atoms with E-state index in [2.05, 4.69) is 26.2 Å². The quantitative estimate of drug-likeness (QED) is 0.908. The van der Waals surface area contributed by atoms with Crippen LogP contribution >= 0.6 is 38.6 Å². The number of thiazole rings is 1. The lowest BCUT2D eigenvalue weighted by atomic mass is 10.4. The number of thiophene rings is 1. The van der Waals surface area contributed by atoms with Gasteiger partial charge in [0, 0.05) is 14.7 Å². The molecule has 0 radical (unpaired) electrons. The Bertz CT molecular complexity index is 509. The highest BCUT2D eigenvalue weighted by molar-refractivity contribution is 9.10. The van der Waals surface area contributed by atoms with E-state index in [1.807, 2.05) is 11.4 Å². The van der Waals surface area contributed by atoms with Crippen molar-refractivity contribution < 1.29 is 9.90 Å². The van der Waals surface area contributed by atoms with Crippen molar-refractivity contribution in [2.75, 3.05) is 5.32 Å². The molecule has 16 heavy (non-hydrogen) atoms. The monoisotopic (exact) mass is 318 g/mol. The fourth-order valence-corrected chi connectivity index (χ4v) is 3.20. The molecule has 0 atom stereocenters. The summed E-state index contributed by atoms with van der Waals surface area (Å²) in [5.74, 6) is -1.00. The van der Waals surface area contributed by atoms with Crippen LogP contribution in [0.1, 0.15) is 15.4 Å². The fourth-order valence-electron chi connectivity index (χ4n) is 1.14. The summed E-state index contributed by atoms with van der Waals surface area (Å²) < 4.78 is 1.04. The first kappa shape index (κ1) is 11.6. The van der Waals surface area contributed by atoms with Crippen LogP contribution in [0.15, 0.2) is 21.4 Å². The summed E-state index contributed by atoms with van der Waals surface area (Å²) in [6.07, 6.45) is 0. The molecule has 0 spiro atoms. The maximum absolute atomic E-state index is 10.8. The number of nitrogens with zero attached hydrogens (tertiary/aromatic N) is 1. The highest BCUT2D eigenvalue weighted by Crippen LogP contribution is 2.24. The maximum Gasteiger partial charge on any atom is 0.357 e. The van der Waals surface area contributed by atoms with Crippen LogP contribution in [0, 0.1) is 0 Å². The van der Waals surface area contributed by atoms with Gasteiger partial charge in [0.1, 0.15) is 5.00 Å². The van der Waals surface area contributed by atoms with Gasteiger partial charge in [-0.25, -0.2) is 9.78 Å². The van der Waals surface area contributed by atoms with Crippen LogP contribution in [0.3, 0.4) is 0 Å². The third-order valence-electron chi connectivity index (χ3n) is 1.81. The topological polar surface area (TPSA) is 62.2 Å². The molecule has 0 saturated carbocycles. The number of hydrogen-bond acceptors (Lipinski definition) is 5. The molecular weight excluding hydrogens is 312 g/mol. The van der Waals surface area contributed by atoms with Crippen molar-refractivity contribution in [2.45, 2.75) is 6.54 Å². The molecule has 0 aliphatic carbocycles. The van der Waals surface area contributed by atoms with Crippen LogP contribution in [0.2, 0.25) is 0 Å². The molecule has 7 heteroatoms. The molecule has 4 nitrogen and oxygen atoms in total. The van der Waals surface area contributed by atoms with E-state index in [-0.39, 0.29) is 5.69 Å². The number of aromatic nitrogens is 1. The summed E-state index contributed by atoms with van der Waals surface area (Å²) >= 11 is 6.27. The molecule has 0 amide bonds. The molecule has 0 unspecified atom stereocenters. The Balaban J connectivity index is 2.04. The Morgan fingerprint density at radius 3 is 3.00 bits per heavy atom. The molecule has 2 rings (SSSR count). The van der Waals surface area contributed by atoms with E-state index in [1.165, 1.54) is 16.8 Å². The molecule has 2 heterocycles. The molecule has 0 bridgehead atoms. The van der Waals surface area contributed by atoms with Crippen molar-refractivity contribution in [3.8, 4) is 0 Å². The molecule has 0 aliphatic rings. The fraction of sp³-hybridized carbons (Fsp3) is 0.111. The summed E-state index contributed by atoms with van der Waals surface area (Å²) in [5.41, 5.74) is 1.61. The minimum atomic E-state index is -1.00. The van der Waals surface area contributed by atoms with E-state index >= 15 is 0 Å². The van der Waals surface area contributed by atoms with E-state index in [0.29, 0.717) is 11.5 Å². The second-order valence-electron chi connectivity index (χ2n) is 2.92. The average molecular weight is 319 g/mol. The Labute approximate surface area is 108 Å². The lowest BCUT2D eigenvalue weighted by molar-refractivity contribution is 0.0692. The van der Waals surface area contributed by atoms with Crippen molar-refractivity contribution >= 4 is 49.6 Å². The molecule has 84 valence electrons. The van der Waals surface area contributed by atoms with Gasteiger partial charge in [0.2, 0.25) is 0 Å². The van der Waals surface area contributed by atoms with Gasteiger partial charge in [-0.05, 0) is 22.0 Å². The Morgan fingerprint density at radius 2 is 2.38 bits per heavy atom. The average Bonchev–Trinajstić information content (AvgIpc) is 2.83. The summed E-state index contributed by atoms with van der Waals surface area (Å²) in [6, 6.07) is 2.00. The van der Waals surface area contributed by atoms with Crippen molar-refractivity contribution in [3.05, 3.63) is 32.0 Å². The van der Waals surface area contributed by atoms with Crippen LogP contribution in [0.5, 0.6) is 0 Å². The molecule has 0 fully saturated rings. The lowest BCUT2D eigenvalue weighted by Gasteiger charge is -2.01. The Kier molecular flexibility index (Phi) is 3.57. The Hall–Kier alpha value is -0.920. The standard InChI is InChI=1S/C9H7BrN2O2S2/c10-5-1-6(15-3-5)2-11-8-7(9(13)14)12-4-16-8/h1,3-4,11H,2H2,(H,13,14). The maximum atomic E-state index is 10.8. The van der Waals surface area contributed by atoms with Crippen molar-refractivity contribution in [1.82, 2.24) is 4.98 Å². The van der Waals surface area contributed by atoms with Crippen LogP contribution in [-0.4, -0.2) is 16.1 Å². The van der Waals surface area contributed by atoms with Gasteiger partial charge in [0.05, 0.1) is 12.1 Å². The van der Waals surface area contributed by atoms with Gasteiger partial charge in [-0.15, -0.1) is 22.7 Å². The highest BCUT2D eigenvalue weighted by Gasteiger charge is 2.13. The Morgan fingerprint density at radius 1 is 1.56 bits per heavy atom. The molecule has 2 N–H and O–H groups in total. The number of hydrogen-bond donors (Lipinski definition) is 2. The number of halogens is 1. The number of anilines is 1. The lowest BCUT2D eigenvalue weighted by Crippen LogP contribution is -2.03. The van der Waals surface area contributed by atoms with Crippen LogP contribution in [-0.2, 0) is 6.54 Å². The molecule has 2 aromatic heterocycles. The van der Waals surface area contributed by atoms with E-state index in [4.69, 9.17) is 5.11 Å². The normalized spacial score (nSPS) is 10.3. The van der Waals surface area contributed by atoms with Gasteiger partial charge in [-0.3, -0.25) is 0 Å². The second kappa shape index (κ2) is 4.94. The number of carboxylic acids is 1. The predicted molar refractivity (Wildman–Crippen MR) is 68.4 cm³/mol. The van der Waals surface area contributed by atoms with Gasteiger partial charge < -0.3 is 10.4 Å². The minimum Gasteiger partial charge on any atom is -0.476 e. The summed E-state index contributed by atoms with van der Waals surface area (Å²) in [5, 5.41) is 14.5. The SMILES string of the molecule is O=C(O)c1ncsc1NCc1cc(Br)cs1. The zero-order valence-electron chi connectivity index (χ0n) is 7.94. The number of rotatable bonds is 4. The minimum absolute atomic E-state index is 0.0839. The number of nitrogens with one attached hydrogen (secondary N) is 1. The van der Waals surface area contributed by atoms with E-state index < -0.39 is 5.97 Å². The van der Waals surface area contributed by atoms with Gasteiger partial charge >= 0.3 is 5.97 Å². The first-order chi connectivity index (χ1) is 7.66. The van der Waals surface area contributed by atoms with Crippen LogP contribution in [0.4, 0.5) is 5.00 Å². The highest BCUT2D eigenvalue weighted by atomic mass is 79.9. The first-order valence-electron chi connectivity index (χ1n) is 4.30. The van der Waals surface area contributed by atoms with Crippen LogP contribution < -0.4 is 5.32 Å². The number of carbonyl (C=O) groups is 1. The molecule has 0 aliphatic heterocycles. The zero-order valence-corrected chi connectivity index (χ0v) is 11.2. The largest absolute Gasteiger partial charge is 0.476 e. The van der Waals surface area contributed by atoms with E-state index in [1.54, 1.807) is 11.3 Å². The van der Waals surface area contributed by atoms with Crippen molar-refractivity contribution in [1.29, 1.82) is 0 Å². The third-order valence-corrected chi connectivity index (χ3v) is 4.30. The van der Waals surface area contributed by atoms with Gasteiger partial charge in [-0.1, -0.05) is 0 Å². The van der Waals surface area contributed by atoms with E-state index in [0.717, 1.165) is 9.35 Å². The zero-order chi connectivity index (χ0) is 11.5. The van der Waals surface area contributed by atoms with Gasteiger partial charge in [-0.2, -0.15) is 0 Å². The predicted octanol–water partition coefficient (Wildman–Crippen LogP) is 3.28. The molecule has 0 aromatic carbocycles. The number of carboxylic acid groups (broad SMARTS) is 1.